The standard InChI is InChI=1S/C8H7ClN4O2/c9-5-3-13-4(7(10)8(14)15)1-12-6(13)2-11-5/h1-3,7H,10H2,(H,14,15). The number of hydrogen-bond acceptors (Lipinski definition) is 4. The molecule has 0 saturated heterocycles. The second-order valence-electron chi connectivity index (χ2n) is 2.94. The minimum Gasteiger partial charge on any atom is -0.480 e. The number of halogens is 1. The van der Waals surface area contributed by atoms with Crippen molar-refractivity contribution in [1.82, 2.24) is 14.4 Å². The van der Waals surface area contributed by atoms with Gasteiger partial charge in [0.15, 0.2) is 5.65 Å². The van der Waals surface area contributed by atoms with E-state index >= 15 is 0 Å². The van der Waals surface area contributed by atoms with E-state index in [1.54, 1.807) is 0 Å². The van der Waals surface area contributed by atoms with Gasteiger partial charge in [-0.25, -0.2) is 9.97 Å². The van der Waals surface area contributed by atoms with Gasteiger partial charge in [0.1, 0.15) is 11.2 Å². The first kappa shape index (κ1) is 9.88. The van der Waals surface area contributed by atoms with Crippen LogP contribution in [0.1, 0.15) is 11.7 Å². The minimum atomic E-state index is -1.13. The summed E-state index contributed by atoms with van der Waals surface area (Å²) in [6.45, 7) is 0. The van der Waals surface area contributed by atoms with Crippen molar-refractivity contribution < 1.29 is 9.90 Å². The zero-order valence-corrected chi connectivity index (χ0v) is 8.22. The lowest BCUT2D eigenvalue weighted by Gasteiger charge is -2.05. The summed E-state index contributed by atoms with van der Waals surface area (Å²) < 4.78 is 1.51. The number of nitrogens with two attached hydrogens (primary N) is 1. The molecular weight excluding hydrogens is 220 g/mol. The summed E-state index contributed by atoms with van der Waals surface area (Å²) in [6.07, 6.45) is 4.31. The number of carbonyl (C=O) groups is 1. The number of imidazole rings is 1. The van der Waals surface area contributed by atoms with Gasteiger partial charge in [0.2, 0.25) is 0 Å². The molecule has 7 heteroatoms. The number of hydrogen-bond donors (Lipinski definition) is 2. The third-order valence-corrected chi connectivity index (χ3v) is 2.17. The number of carboxylic acid groups (broad SMARTS) is 1. The van der Waals surface area contributed by atoms with Gasteiger partial charge in [-0.15, -0.1) is 0 Å². The van der Waals surface area contributed by atoms with Crippen molar-refractivity contribution in [2.75, 3.05) is 0 Å². The maximum Gasteiger partial charge on any atom is 0.326 e. The van der Waals surface area contributed by atoms with Gasteiger partial charge in [-0.1, -0.05) is 11.6 Å². The third kappa shape index (κ3) is 1.64. The van der Waals surface area contributed by atoms with Gasteiger partial charge in [0, 0.05) is 6.20 Å². The van der Waals surface area contributed by atoms with Crippen molar-refractivity contribution in [2.24, 2.45) is 5.73 Å². The maximum atomic E-state index is 10.7. The zero-order valence-electron chi connectivity index (χ0n) is 7.46. The molecule has 0 aliphatic heterocycles. The molecule has 0 aromatic carbocycles. The molecule has 6 nitrogen and oxygen atoms in total. The Morgan fingerprint density at radius 1 is 1.53 bits per heavy atom. The molecule has 15 heavy (non-hydrogen) atoms. The van der Waals surface area contributed by atoms with Gasteiger partial charge in [-0.05, 0) is 0 Å². The summed E-state index contributed by atoms with van der Waals surface area (Å²) in [4.78, 5) is 18.5. The highest BCUT2D eigenvalue weighted by atomic mass is 35.5. The highest BCUT2D eigenvalue weighted by Crippen LogP contribution is 2.14. The Balaban J connectivity index is 2.61. The van der Waals surface area contributed by atoms with Gasteiger partial charge in [0.25, 0.3) is 0 Å². The van der Waals surface area contributed by atoms with Crippen LogP contribution in [0.2, 0.25) is 5.15 Å². The van der Waals surface area contributed by atoms with Crippen molar-refractivity contribution in [3.8, 4) is 0 Å². The van der Waals surface area contributed by atoms with Crippen LogP contribution in [0.25, 0.3) is 5.65 Å². The van der Waals surface area contributed by atoms with Crippen LogP contribution < -0.4 is 5.73 Å². The Bertz CT molecular complexity index is 524. The first-order valence-electron chi connectivity index (χ1n) is 4.06. The molecule has 1 unspecified atom stereocenters. The first-order chi connectivity index (χ1) is 7.09. The average molecular weight is 227 g/mol. The topological polar surface area (TPSA) is 93.5 Å². The number of aliphatic carboxylic acids is 1. The van der Waals surface area contributed by atoms with E-state index < -0.39 is 12.0 Å². The normalized spacial score (nSPS) is 12.9. The van der Waals surface area contributed by atoms with Crippen LogP contribution >= 0.6 is 11.6 Å². The van der Waals surface area contributed by atoms with Gasteiger partial charge >= 0.3 is 5.97 Å². The van der Waals surface area contributed by atoms with Crippen LogP contribution in [-0.2, 0) is 4.79 Å². The number of aromatic nitrogens is 3. The van der Waals surface area contributed by atoms with E-state index in [9.17, 15) is 4.79 Å². The molecule has 3 N–H and O–H groups in total. The lowest BCUT2D eigenvalue weighted by Crippen LogP contribution is -2.22. The van der Waals surface area contributed by atoms with Crippen LogP contribution in [0.5, 0.6) is 0 Å². The molecule has 0 fully saturated rings. The second-order valence-corrected chi connectivity index (χ2v) is 3.32. The fraction of sp³-hybridized carbons (Fsp3) is 0.125. The quantitative estimate of drug-likeness (QED) is 0.776. The summed E-state index contributed by atoms with van der Waals surface area (Å²) in [5.74, 6) is -1.12. The Labute approximate surface area is 89.3 Å². The summed E-state index contributed by atoms with van der Waals surface area (Å²) in [7, 11) is 0. The highest BCUT2D eigenvalue weighted by molar-refractivity contribution is 6.29. The van der Waals surface area contributed by atoms with Crippen molar-refractivity contribution in [3.05, 3.63) is 29.4 Å². The molecular formula is C8H7ClN4O2. The van der Waals surface area contributed by atoms with E-state index in [2.05, 4.69) is 9.97 Å². The van der Waals surface area contributed by atoms with E-state index in [0.29, 0.717) is 11.3 Å². The largest absolute Gasteiger partial charge is 0.480 e. The molecule has 0 amide bonds. The molecule has 0 aliphatic rings. The molecule has 2 heterocycles. The van der Waals surface area contributed by atoms with Crippen LogP contribution in [0, 0.1) is 0 Å². The van der Waals surface area contributed by atoms with Gasteiger partial charge < -0.3 is 10.8 Å². The summed E-state index contributed by atoms with van der Waals surface area (Å²) in [5, 5.41) is 9.02. The van der Waals surface area contributed by atoms with E-state index in [1.165, 1.54) is 23.0 Å². The Morgan fingerprint density at radius 2 is 2.27 bits per heavy atom. The van der Waals surface area contributed by atoms with Crippen LogP contribution in [-0.4, -0.2) is 25.4 Å². The zero-order chi connectivity index (χ0) is 11.0. The van der Waals surface area contributed by atoms with Crippen molar-refractivity contribution in [1.29, 1.82) is 0 Å². The number of rotatable bonds is 2. The van der Waals surface area contributed by atoms with E-state index in [0.717, 1.165) is 0 Å². The molecule has 0 aliphatic carbocycles. The predicted molar refractivity (Wildman–Crippen MR) is 52.6 cm³/mol. The lowest BCUT2D eigenvalue weighted by molar-refractivity contribution is -0.138. The average Bonchev–Trinajstić information content (AvgIpc) is 2.59. The molecule has 2 rings (SSSR count). The first-order valence-corrected chi connectivity index (χ1v) is 4.44. The van der Waals surface area contributed by atoms with E-state index in [1.807, 2.05) is 0 Å². The van der Waals surface area contributed by atoms with Crippen molar-refractivity contribution >= 4 is 23.2 Å². The smallest absolute Gasteiger partial charge is 0.326 e. The third-order valence-electron chi connectivity index (χ3n) is 1.98. The fourth-order valence-corrected chi connectivity index (χ4v) is 1.39. The minimum absolute atomic E-state index is 0.249. The fourth-order valence-electron chi connectivity index (χ4n) is 1.24. The second kappa shape index (κ2) is 3.48. The van der Waals surface area contributed by atoms with E-state index in [4.69, 9.17) is 22.4 Å². The van der Waals surface area contributed by atoms with Gasteiger partial charge in [-0.3, -0.25) is 9.20 Å². The van der Waals surface area contributed by atoms with Crippen molar-refractivity contribution in [3.63, 3.8) is 0 Å². The molecule has 0 radical (unpaired) electrons. The van der Waals surface area contributed by atoms with Crippen LogP contribution in [0.15, 0.2) is 18.6 Å². The van der Waals surface area contributed by atoms with Gasteiger partial charge in [0.05, 0.1) is 18.1 Å². The SMILES string of the molecule is NC(C(=O)O)c1cnc2cnc(Cl)cn12. The molecule has 0 spiro atoms. The maximum absolute atomic E-state index is 10.7. The lowest BCUT2D eigenvalue weighted by atomic mass is 10.2. The van der Waals surface area contributed by atoms with E-state index in [-0.39, 0.29) is 5.15 Å². The monoisotopic (exact) mass is 226 g/mol. The number of carboxylic acids is 1. The van der Waals surface area contributed by atoms with Crippen LogP contribution in [0.4, 0.5) is 0 Å². The molecule has 0 bridgehead atoms. The Morgan fingerprint density at radius 3 is 2.93 bits per heavy atom. The summed E-state index contributed by atoms with van der Waals surface area (Å²) >= 11 is 5.68. The predicted octanol–water partition coefficient (Wildman–Crippen LogP) is 0.467. The molecule has 2 aromatic heterocycles. The molecule has 2 aromatic rings. The Kier molecular flexibility index (Phi) is 2.29. The summed E-state index contributed by atoms with van der Waals surface area (Å²) in [6, 6.07) is -1.13. The number of fused-ring (bicyclic) bond motifs is 1. The Hall–Kier alpha value is -1.66. The summed E-state index contributed by atoms with van der Waals surface area (Å²) in [5.41, 5.74) is 6.34. The van der Waals surface area contributed by atoms with Gasteiger partial charge in [-0.2, -0.15) is 0 Å². The molecule has 1 atom stereocenters. The molecule has 78 valence electrons. The van der Waals surface area contributed by atoms with Crippen LogP contribution in [0.3, 0.4) is 0 Å². The van der Waals surface area contributed by atoms with Crippen molar-refractivity contribution in [2.45, 2.75) is 6.04 Å². The molecule has 0 saturated carbocycles. The highest BCUT2D eigenvalue weighted by Gasteiger charge is 2.18. The number of nitrogens with zero attached hydrogens (tertiary/aromatic N) is 3.